The van der Waals surface area contributed by atoms with Crippen molar-refractivity contribution in [1.82, 2.24) is 9.97 Å². The van der Waals surface area contributed by atoms with E-state index < -0.39 is 0 Å². The van der Waals surface area contributed by atoms with Gasteiger partial charge in [-0.25, -0.2) is 9.97 Å². The van der Waals surface area contributed by atoms with E-state index in [0.717, 1.165) is 15.7 Å². The summed E-state index contributed by atoms with van der Waals surface area (Å²) in [5.74, 6) is 0.661. The minimum Gasteiger partial charge on any atom is -0.231 e. The van der Waals surface area contributed by atoms with Crippen LogP contribution >= 0.6 is 27.5 Å². The number of hydrogen-bond donors (Lipinski definition) is 0. The Labute approximate surface area is 121 Å². The van der Waals surface area contributed by atoms with Crippen LogP contribution in [0.1, 0.15) is 26.5 Å². The molecule has 2 nitrogen and oxygen atoms in total. The van der Waals surface area contributed by atoms with Crippen molar-refractivity contribution >= 4 is 27.5 Å². The van der Waals surface area contributed by atoms with E-state index in [0.29, 0.717) is 11.0 Å². The first kappa shape index (κ1) is 13.5. The molecule has 0 N–H and O–H groups in total. The first-order valence-corrected chi connectivity index (χ1v) is 6.85. The van der Waals surface area contributed by atoms with Crippen molar-refractivity contribution in [1.29, 1.82) is 0 Å². The zero-order chi connectivity index (χ0) is 13.3. The predicted molar refractivity (Wildman–Crippen MR) is 78.9 cm³/mol. The zero-order valence-corrected chi connectivity index (χ0v) is 12.9. The van der Waals surface area contributed by atoms with Gasteiger partial charge in [-0.3, -0.25) is 0 Å². The average Bonchev–Trinajstić information content (AvgIpc) is 2.32. The van der Waals surface area contributed by atoms with E-state index in [1.807, 2.05) is 30.3 Å². The summed E-state index contributed by atoms with van der Waals surface area (Å²) in [7, 11) is 0. The van der Waals surface area contributed by atoms with Crippen molar-refractivity contribution in [2.24, 2.45) is 0 Å². The molecule has 2 aromatic rings. The first-order chi connectivity index (χ1) is 8.39. The number of halogens is 2. The quantitative estimate of drug-likeness (QED) is 0.700. The highest BCUT2D eigenvalue weighted by Gasteiger charge is 2.22. The van der Waals surface area contributed by atoms with Crippen LogP contribution in [0, 0.1) is 0 Å². The Bertz CT molecular complexity index is 562. The van der Waals surface area contributed by atoms with Crippen molar-refractivity contribution < 1.29 is 0 Å². The second kappa shape index (κ2) is 4.98. The Hall–Kier alpha value is -0.930. The third-order valence-electron chi connectivity index (χ3n) is 2.55. The molecule has 0 saturated carbocycles. The third-order valence-corrected chi connectivity index (χ3v) is 3.81. The third kappa shape index (κ3) is 2.73. The molecule has 1 aromatic carbocycles. The Morgan fingerprint density at radius 1 is 1.06 bits per heavy atom. The Balaban J connectivity index is 2.62. The summed E-state index contributed by atoms with van der Waals surface area (Å²) < 4.78 is 0.774. The fraction of sp³-hybridized carbons (Fsp3) is 0.286. The lowest BCUT2D eigenvalue weighted by atomic mass is 9.92. The highest BCUT2D eigenvalue weighted by Crippen LogP contribution is 2.33. The van der Waals surface area contributed by atoms with E-state index in [-0.39, 0.29) is 5.41 Å². The van der Waals surface area contributed by atoms with Crippen molar-refractivity contribution in [2.45, 2.75) is 26.2 Å². The van der Waals surface area contributed by atoms with Gasteiger partial charge in [-0.05, 0) is 15.9 Å². The minimum absolute atomic E-state index is 0.0883. The van der Waals surface area contributed by atoms with Crippen LogP contribution in [-0.2, 0) is 5.41 Å². The Kier molecular flexibility index (Phi) is 3.74. The monoisotopic (exact) mass is 324 g/mol. The summed E-state index contributed by atoms with van der Waals surface area (Å²) in [6, 6.07) is 9.85. The number of aromatic nitrogens is 2. The fourth-order valence-electron chi connectivity index (χ4n) is 1.63. The molecule has 0 radical (unpaired) electrons. The molecule has 2 rings (SSSR count). The van der Waals surface area contributed by atoms with Crippen molar-refractivity contribution in [3.05, 3.63) is 45.7 Å². The molecule has 0 bridgehead atoms. The van der Waals surface area contributed by atoms with Crippen molar-refractivity contribution in [3.63, 3.8) is 0 Å². The molecular formula is C14H14BrClN2. The van der Waals surface area contributed by atoms with Crippen molar-refractivity contribution in [2.75, 3.05) is 0 Å². The average molecular weight is 326 g/mol. The highest BCUT2D eigenvalue weighted by molar-refractivity contribution is 9.10. The van der Waals surface area contributed by atoms with Gasteiger partial charge < -0.3 is 0 Å². The number of rotatable bonds is 1. The van der Waals surface area contributed by atoms with Gasteiger partial charge in [-0.1, -0.05) is 62.7 Å². The molecule has 0 amide bonds. The van der Waals surface area contributed by atoms with E-state index in [9.17, 15) is 0 Å². The summed E-state index contributed by atoms with van der Waals surface area (Å²) >= 11 is 9.64. The van der Waals surface area contributed by atoms with Gasteiger partial charge in [0.05, 0.1) is 10.2 Å². The van der Waals surface area contributed by atoms with Crippen molar-refractivity contribution in [3.8, 4) is 11.4 Å². The maximum Gasteiger partial charge on any atom is 0.161 e. The molecule has 94 valence electrons. The van der Waals surface area contributed by atoms with Gasteiger partial charge in [0.1, 0.15) is 5.15 Å². The summed E-state index contributed by atoms with van der Waals surface area (Å²) in [6.07, 6.45) is 0. The van der Waals surface area contributed by atoms with Gasteiger partial charge in [0.25, 0.3) is 0 Å². The van der Waals surface area contributed by atoms with Gasteiger partial charge in [0, 0.05) is 11.0 Å². The molecule has 0 aliphatic carbocycles. The molecule has 4 heteroatoms. The molecular weight excluding hydrogens is 312 g/mol. The SMILES string of the molecule is CC(C)(C)c1nc(-c2ccccc2)nc(Cl)c1Br. The first-order valence-electron chi connectivity index (χ1n) is 5.68. The van der Waals surface area contributed by atoms with Crippen LogP contribution in [-0.4, -0.2) is 9.97 Å². The van der Waals surface area contributed by atoms with Gasteiger partial charge >= 0.3 is 0 Å². The van der Waals surface area contributed by atoms with E-state index in [4.69, 9.17) is 11.6 Å². The lowest BCUT2D eigenvalue weighted by molar-refractivity contribution is 0.564. The molecule has 0 saturated heterocycles. The van der Waals surface area contributed by atoms with Gasteiger partial charge in [0.2, 0.25) is 0 Å². The second-order valence-corrected chi connectivity index (χ2v) is 6.27. The largest absolute Gasteiger partial charge is 0.231 e. The van der Waals surface area contributed by atoms with Crippen LogP contribution < -0.4 is 0 Å². The summed E-state index contributed by atoms with van der Waals surface area (Å²) in [5, 5.41) is 0.453. The number of hydrogen-bond acceptors (Lipinski definition) is 2. The van der Waals surface area contributed by atoms with Gasteiger partial charge in [-0.2, -0.15) is 0 Å². The van der Waals surface area contributed by atoms with Crippen LogP contribution in [0.2, 0.25) is 5.15 Å². The number of benzene rings is 1. The molecule has 0 unspecified atom stereocenters. The lowest BCUT2D eigenvalue weighted by Gasteiger charge is -2.20. The van der Waals surface area contributed by atoms with E-state index in [1.165, 1.54) is 0 Å². The van der Waals surface area contributed by atoms with Crippen LogP contribution in [0.4, 0.5) is 0 Å². The molecule has 1 heterocycles. The standard InChI is InChI=1S/C14H14BrClN2/c1-14(2,3)11-10(15)12(16)18-13(17-11)9-7-5-4-6-8-9/h4-8H,1-3H3. The summed E-state index contributed by atoms with van der Waals surface area (Å²) in [5.41, 5.74) is 1.80. The minimum atomic E-state index is -0.0883. The van der Waals surface area contributed by atoms with Crippen LogP contribution in [0.3, 0.4) is 0 Å². The molecule has 0 atom stereocenters. The Morgan fingerprint density at radius 3 is 2.22 bits per heavy atom. The van der Waals surface area contributed by atoms with Gasteiger partial charge in [0.15, 0.2) is 5.82 Å². The maximum atomic E-state index is 6.18. The van der Waals surface area contributed by atoms with E-state index in [1.54, 1.807) is 0 Å². The maximum absolute atomic E-state index is 6.18. The summed E-state index contributed by atoms with van der Waals surface area (Å²) in [6.45, 7) is 6.31. The fourth-order valence-corrected chi connectivity index (χ4v) is 2.57. The molecule has 0 fully saturated rings. The van der Waals surface area contributed by atoms with E-state index in [2.05, 4.69) is 46.7 Å². The Morgan fingerprint density at radius 2 is 1.67 bits per heavy atom. The lowest BCUT2D eigenvalue weighted by Crippen LogP contribution is -2.16. The van der Waals surface area contributed by atoms with Crippen LogP contribution in [0.15, 0.2) is 34.8 Å². The zero-order valence-electron chi connectivity index (χ0n) is 10.5. The molecule has 1 aromatic heterocycles. The normalized spacial score (nSPS) is 11.6. The van der Waals surface area contributed by atoms with Gasteiger partial charge in [-0.15, -0.1) is 0 Å². The smallest absolute Gasteiger partial charge is 0.161 e. The highest BCUT2D eigenvalue weighted by atomic mass is 79.9. The van der Waals surface area contributed by atoms with Crippen LogP contribution in [0.5, 0.6) is 0 Å². The molecule has 0 spiro atoms. The number of nitrogens with zero attached hydrogens (tertiary/aromatic N) is 2. The molecule has 0 aliphatic heterocycles. The predicted octanol–water partition coefficient (Wildman–Crippen LogP) is 4.86. The van der Waals surface area contributed by atoms with E-state index >= 15 is 0 Å². The topological polar surface area (TPSA) is 25.8 Å². The van der Waals surface area contributed by atoms with Crippen LogP contribution in [0.25, 0.3) is 11.4 Å². The molecule has 18 heavy (non-hydrogen) atoms. The molecule has 0 aliphatic rings. The summed E-state index contributed by atoms with van der Waals surface area (Å²) in [4.78, 5) is 8.96. The second-order valence-electron chi connectivity index (χ2n) is 5.12.